The molecule has 2 heterocycles. The summed E-state index contributed by atoms with van der Waals surface area (Å²) in [6.07, 6.45) is 0.739. The average Bonchev–Trinajstić information content (AvgIpc) is 2.92. The summed E-state index contributed by atoms with van der Waals surface area (Å²) in [5.74, 6) is 1.15. The van der Waals surface area contributed by atoms with Gasteiger partial charge >= 0.3 is 0 Å². The summed E-state index contributed by atoms with van der Waals surface area (Å²) in [5.41, 5.74) is 8.15. The molecule has 1 saturated heterocycles. The number of rotatable bonds is 7. The van der Waals surface area contributed by atoms with Crippen molar-refractivity contribution >= 4 is 5.91 Å². The van der Waals surface area contributed by atoms with Crippen LogP contribution in [0.3, 0.4) is 0 Å². The number of methoxy groups -OCH3 is 1. The van der Waals surface area contributed by atoms with E-state index in [4.69, 9.17) is 15.2 Å². The average molecular weight is 358 g/mol. The first kappa shape index (κ1) is 18.3. The van der Waals surface area contributed by atoms with Crippen LogP contribution in [0.1, 0.15) is 34.2 Å². The smallest absolute Gasteiger partial charge is 0.257 e. The van der Waals surface area contributed by atoms with Crippen molar-refractivity contribution < 1.29 is 14.3 Å². The SMILES string of the molecule is COc1ccc(OCCCN)c(C(=O)N2CC(n3nc(C)cc3C)C2)c1. The topological polar surface area (TPSA) is 82.6 Å². The number of likely N-dealkylation sites (tertiary alicyclic amines) is 1. The molecule has 3 rings (SSSR count). The van der Waals surface area contributed by atoms with Gasteiger partial charge in [-0.3, -0.25) is 9.48 Å². The van der Waals surface area contributed by atoms with E-state index in [1.54, 1.807) is 25.3 Å². The number of amides is 1. The van der Waals surface area contributed by atoms with Crippen molar-refractivity contribution in [2.45, 2.75) is 26.3 Å². The molecule has 2 N–H and O–H groups in total. The van der Waals surface area contributed by atoms with Crippen LogP contribution >= 0.6 is 0 Å². The lowest BCUT2D eigenvalue weighted by atomic mass is 10.1. The van der Waals surface area contributed by atoms with Crippen LogP contribution in [-0.4, -0.2) is 53.9 Å². The predicted molar refractivity (Wildman–Crippen MR) is 98.8 cm³/mol. The Hall–Kier alpha value is -2.54. The van der Waals surface area contributed by atoms with Crippen molar-refractivity contribution in [3.8, 4) is 11.5 Å². The zero-order chi connectivity index (χ0) is 18.7. The molecule has 0 spiro atoms. The zero-order valence-electron chi connectivity index (χ0n) is 15.6. The normalized spacial score (nSPS) is 14.2. The Morgan fingerprint density at radius 1 is 1.31 bits per heavy atom. The monoisotopic (exact) mass is 358 g/mol. The van der Waals surface area contributed by atoms with E-state index in [0.29, 0.717) is 43.3 Å². The Bertz CT molecular complexity index is 781. The molecule has 0 saturated carbocycles. The Labute approximate surface area is 153 Å². The molecule has 140 valence electrons. The number of nitrogens with zero attached hydrogens (tertiary/aromatic N) is 3. The molecule has 1 aromatic carbocycles. The highest BCUT2D eigenvalue weighted by molar-refractivity contribution is 5.97. The second-order valence-electron chi connectivity index (χ2n) is 6.59. The molecule has 0 aliphatic carbocycles. The van der Waals surface area contributed by atoms with Gasteiger partial charge in [-0.1, -0.05) is 0 Å². The molecule has 0 bridgehead atoms. The lowest BCUT2D eigenvalue weighted by Crippen LogP contribution is -2.51. The van der Waals surface area contributed by atoms with Crippen LogP contribution < -0.4 is 15.2 Å². The summed E-state index contributed by atoms with van der Waals surface area (Å²) in [4.78, 5) is 14.8. The fourth-order valence-electron chi connectivity index (χ4n) is 3.16. The standard InChI is InChI=1S/C19H26N4O3/c1-13-9-14(2)23(21-13)15-11-22(12-15)19(24)17-10-16(25-3)5-6-18(17)26-8-4-7-20/h5-6,9-10,15H,4,7-8,11-12,20H2,1-3H3. The number of benzene rings is 1. The molecule has 1 aliphatic rings. The zero-order valence-corrected chi connectivity index (χ0v) is 15.6. The molecule has 1 aliphatic heterocycles. The molecular weight excluding hydrogens is 332 g/mol. The van der Waals surface area contributed by atoms with Gasteiger partial charge in [0.2, 0.25) is 0 Å². The Morgan fingerprint density at radius 2 is 2.08 bits per heavy atom. The molecule has 1 aromatic heterocycles. The van der Waals surface area contributed by atoms with E-state index in [-0.39, 0.29) is 11.9 Å². The molecule has 0 unspecified atom stereocenters. The second-order valence-corrected chi connectivity index (χ2v) is 6.59. The maximum Gasteiger partial charge on any atom is 0.257 e. The highest BCUT2D eigenvalue weighted by atomic mass is 16.5. The lowest BCUT2D eigenvalue weighted by molar-refractivity contribution is 0.0493. The van der Waals surface area contributed by atoms with Crippen LogP contribution in [0.5, 0.6) is 11.5 Å². The molecule has 1 fully saturated rings. The Morgan fingerprint density at radius 3 is 2.69 bits per heavy atom. The molecule has 7 heteroatoms. The van der Waals surface area contributed by atoms with Gasteiger partial charge in [0.15, 0.2) is 0 Å². The van der Waals surface area contributed by atoms with E-state index in [2.05, 4.69) is 11.2 Å². The van der Waals surface area contributed by atoms with Crippen LogP contribution in [0.25, 0.3) is 0 Å². The van der Waals surface area contributed by atoms with Crippen molar-refractivity contribution in [1.82, 2.24) is 14.7 Å². The number of hydrogen-bond acceptors (Lipinski definition) is 5. The van der Waals surface area contributed by atoms with Crippen LogP contribution in [0.4, 0.5) is 0 Å². The minimum Gasteiger partial charge on any atom is -0.497 e. The van der Waals surface area contributed by atoms with Crippen molar-refractivity contribution in [2.24, 2.45) is 5.73 Å². The van der Waals surface area contributed by atoms with E-state index >= 15 is 0 Å². The first-order chi connectivity index (χ1) is 12.5. The third kappa shape index (κ3) is 3.67. The quantitative estimate of drug-likeness (QED) is 0.765. The van der Waals surface area contributed by atoms with Gasteiger partial charge in [0, 0.05) is 18.8 Å². The van der Waals surface area contributed by atoms with Crippen molar-refractivity contribution in [3.05, 3.63) is 41.2 Å². The molecule has 1 amide bonds. The summed E-state index contributed by atoms with van der Waals surface area (Å²) < 4.78 is 13.0. The number of nitrogens with two attached hydrogens (primary N) is 1. The number of ether oxygens (including phenoxy) is 2. The fourth-order valence-corrected chi connectivity index (χ4v) is 3.16. The summed E-state index contributed by atoms with van der Waals surface area (Å²) >= 11 is 0. The maximum absolute atomic E-state index is 13.0. The molecule has 0 atom stereocenters. The lowest BCUT2D eigenvalue weighted by Gasteiger charge is -2.40. The number of hydrogen-bond donors (Lipinski definition) is 1. The van der Waals surface area contributed by atoms with Crippen LogP contribution in [0.15, 0.2) is 24.3 Å². The van der Waals surface area contributed by atoms with Crippen molar-refractivity contribution in [2.75, 3.05) is 33.4 Å². The minimum absolute atomic E-state index is 0.0515. The van der Waals surface area contributed by atoms with Gasteiger partial charge in [-0.2, -0.15) is 5.10 Å². The van der Waals surface area contributed by atoms with E-state index in [1.165, 1.54) is 0 Å². The van der Waals surface area contributed by atoms with E-state index in [1.807, 2.05) is 23.4 Å². The van der Waals surface area contributed by atoms with Crippen LogP contribution in [-0.2, 0) is 0 Å². The molecule has 7 nitrogen and oxygen atoms in total. The summed E-state index contributed by atoms with van der Waals surface area (Å²) in [6.45, 7) is 6.33. The van der Waals surface area contributed by atoms with Gasteiger partial charge in [0.1, 0.15) is 11.5 Å². The van der Waals surface area contributed by atoms with Gasteiger partial charge in [-0.05, 0) is 51.1 Å². The Balaban J connectivity index is 1.72. The van der Waals surface area contributed by atoms with Gasteiger partial charge in [0.25, 0.3) is 5.91 Å². The second kappa shape index (κ2) is 7.78. The summed E-state index contributed by atoms with van der Waals surface area (Å²) in [5, 5.41) is 4.52. The van der Waals surface area contributed by atoms with Crippen molar-refractivity contribution in [1.29, 1.82) is 0 Å². The van der Waals surface area contributed by atoms with Gasteiger partial charge < -0.3 is 20.1 Å². The third-order valence-electron chi connectivity index (χ3n) is 4.56. The summed E-state index contributed by atoms with van der Waals surface area (Å²) in [7, 11) is 1.58. The molecule has 2 aromatic rings. The van der Waals surface area contributed by atoms with Gasteiger partial charge in [-0.25, -0.2) is 0 Å². The molecular formula is C19H26N4O3. The predicted octanol–water partition coefficient (Wildman–Crippen LogP) is 1.93. The summed E-state index contributed by atoms with van der Waals surface area (Å²) in [6, 6.07) is 7.58. The number of aryl methyl sites for hydroxylation is 2. The van der Waals surface area contributed by atoms with E-state index < -0.39 is 0 Å². The van der Waals surface area contributed by atoms with E-state index in [9.17, 15) is 4.79 Å². The molecule has 0 radical (unpaired) electrons. The third-order valence-corrected chi connectivity index (χ3v) is 4.56. The Kier molecular flexibility index (Phi) is 5.46. The van der Waals surface area contributed by atoms with Crippen molar-refractivity contribution in [3.63, 3.8) is 0 Å². The minimum atomic E-state index is -0.0515. The fraction of sp³-hybridized carbons (Fsp3) is 0.474. The van der Waals surface area contributed by atoms with Gasteiger partial charge in [-0.15, -0.1) is 0 Å². The maximum atomic E-state index is 13.0. The molecule has 26 heavy (non-hydrogen) atoms. The largest absolute Gasteiger partial charge is 0.497 e. The van der Waals surface area contributed by atoms with Crippen LogP contribution in [0, 0.1) is 13.8 Å². The highest BCUT2D eigenvalue weighted by Gasteiger charge is 2.35. The first-order valence-electron chi connectivity index (χ1n) is 8.86. The van der Waals surface area contributed by atoms with Crippen LogP contribution in [0.2, 0.25) is 0 Å². The van der Waals surface area contributed by atoms with Gasteiger partial charge in [0.05, 0.1) is 31.0 Å². The number of aromatic nitrogens is 2. The number of carbonyl (C=O) groups excluding carboxylic acids is 1. The number of carbonyl (C=O) groups is 1. The highest BCUT2D eigenvalue weighted by Crippen LogP contribution is 2.30. The first-order valence-corrected chi connectivity index (χ1v) is 8.86. The van der Waals surface area contributed by atoms with E-state index in [0.717, 1.165) is 17.8 Å².